The normalized spacial score (nSPS) is 12.2. The van der Waals surface area contributed by atoms with Gasteiger partial charge in [0.15, 0.2) is 12.4 Å². The van der Waals surface area contributed by atoms with Gasteiger partial charge in [0.1, 0.15) is 23.0 Å². The first-order valence-corrected chi connectivity index (χ1v) is 9.78. The Morgan fingerprint density at radius 2 is 2.10 bits per heavy atom. The Balaban J connectivity index is 1.45. The second-order valence-corrected chi connectivity index (χ2v) is 7.54. The van der Waals surface area contributed by atoms with Crippen LogP contribution < -0.4 is 15.8 Å². The molecule has 29 heavy (non-hydrogen) atoms. The van der Waals surface area contributed by atoms with E-state index in [0.717, 1.165) is 10.5 Å². The Kier molecular flexibility index (Phi) is 5.24. The highest BCUT2D eigenvalue weighted by molar-refractivity contribution is 7.17. The Labute approximate surface area is 168 Å². The number of nitrogens with zero attached hydrogens (tertiary/aromatic N) is 1. The maximum atomic E-state index is 12.9. The monoisotopic (exact) mass is 413 g/mol. The van der Waals surface area contributed by atoms with E-state index in [1.807, 2.05) is 12.4 Å². The number of hydrogen-bond acceptors (Lipinski definition) is 5. The summed E-state index contributed by atoms with van der Waals surface area (Å²) in [5.41, 5.74) is 1.01. The van der Waals surface area contributed by atoms with Crippen molar-refractivity contribution in [1.29, 1.82) is 0 Å². The first kappa shape index (κ1) is 19.0. The predicted molar refractivity (Wildman–Crippen MR) is 108 cm³/mol. The summed E-state index contributed by atoms with van der Waals surface area (Å²) in [5, 5.41) is 5.07. The summed E-state index contributed by atoms with van der Waals surface area (Å²) < 4.78 is 18.3. The van der Waals surface area contributed by atoms with Crippen molar-refractivity contribution in [3.8, 4) is 11.3 Å². The molecule has 0 bridgehead atoms. The molecule has 1 aromatic carbocycles. The Morgan fingerprint density at radius 1 is 1.31 bits per heavy atom. The van der Waals surface area contributed by atoms with Crippen LogP contribution in [-0.4, -0.2) is 29.5 Å². The van der Waals surface area contributed by atoms with E-state index in [9.17, 15) is 14.0 Å². The molecule has 1 atom stereocenters. The zero-order valence-electron chi connectivity index (χ0n) is 15.5. The van der Waals surface area contributed by atoms with Crippen molar-refractivity contribution >= 4 is 33.1 Å². The molecule has 3 heterocycles. The molecule has 0 saturated heterocycles. The second kappa shape index (κ2) is 7.98. The van der Waals surface area contributed by atoms with E-state index >= 15 is 0 Å². The Bertz CT molecular complexity index is 1200. The molecular formula is C20H18FN4O3S+. The number of amides is 1. The highest BCUT2D eigenvalue weighted by Gasteiger charge is 2.17. The zero-order chi connectivity index (χ0) is 20.4. The Hall–Kier alpha value is -3.30. The molecule has 0 aliphatic rings. The van der Waals surface area contributed by atoms with Gasteiger partial charge in [-0.3, -0.25) is 9.59 Å². The first-order chi connectivity index (χ1) is 14.0. The fraction of sp³-hybridized carbons (Fsp3) is 0.150. The van der Waals surface area contributed by atoms with E-state index in [2.05, 4.69) is 15.3 Å². The molecule has 148 valence electrons. The highest BCUT2D eigenvalue weighted by atomic mass is 32.1. The molecule has 4 rings (SSSR count). The van der Waals surface area contributed by atoms with Gasteiger partial charge in [-0.15, -0.1) is 11.3 Å². The second-order valence-electron chi connectivity index (χ2n) is 6.69. The van der Waals surface area contributed by atoms with Gasteiger partial charge in [0.2, 0.25) is 0 Å². The number of anilines is 1. The lowest BCUT2D eigenvalue weighted by Gasteiger charge is -2.13. The number of hydrogen-bond donors (Lipinski definition) is 3. The number of aromatic amines is 1. The van der Waals surface area contributed by atoms with Crippen LogP contribution in [-0.2, 0) is 11.3 Å². The average molecular weight is 413 g/mol. The number of thiophene rings is 1. The highest BCUT2D eigenvalue weighted by Crippen LogP contribution is 2.30. The number of halogens is 1. The van der Waals surface area contributed by atoms with Crippen molar-refractivity contribution in [3.63, 3.8) is 0 Å². The summed E-state index contributed by atoms with van der Waals surface area (Å²) >= 11 is 1.37. The molecule has 4 aromatic rings. The van der Waals surface area contributed by atoms with Gasteiger partial charge in [-0.1, -0.05) is 0 Å². The fourth-order valence-corrected chi connectivity index (χ4v) is 4.00. The van der Waals surface area contributed by atoms with E-state index in [4.69, 9.17) is 4.42 Å². The number of carbonyl (C=O) groups excluding carboxylic acids is 1. The number of aromatic nitrogens is 2. The van der Waals surface area contributed by atoms with Crippen molar-refractivity contribution in [1.82, 2.24) is 9.97 Å². The van der Waals surface area contributed by atoms with Crippen LogP contribution in [0.3, 0.4) is 0 Å². The van der Waals surface area contributed by atoms with Crippen molar-refractivity contribution in [2.75, 3.05) is 18.9 Å². The molecule has 7 nitrogen and oxygen atoms in total. The number of carbonyl (C=O) groups is 1. The third kappa shape index (κ3) is 4.25. The number of nitrogens with one attached hydrogen (secondary N) is 3. The smallest absolute Gasteiger partial charge is 0.279 e. The zero-order valence-corrected chi connectivity index (χ0v) is 16.3. The molecule has 0 aliphatic carbocycles. The van der Waals surface area contributed by atoms with E-state index < -0.39 is 0 Å². The van der Waals surface area contributed by atoms with Crippen LogP contribution in [0.5, 0.6) is 0 Å². The van der Waals surface area contributed by atoms with Gasteiger partial charge >= 0.3 is 0 Å². The molecule has 9 heteroatoms. The van der Waals surface area contributed by atoms with Gasteiger partial charge in [0.25, 0.3) is 11.5 Å². The Morgan fingerprint density at radius 3 is 2.83 bits per heavy atom. The molecule has 3 aromatic heterocycles. The summed E-state index contributed by atoms with van der Waals surface area (Å²) in [6, 6.07) is 9.14. The van der Waals surface area contributed by atoms with Crippen LogP contribution in [0.15, 0.2) is 57.3 Å². The lowest BCUT2D eigenvalue weighted by atomic mass is 10.2. The van der Waals surface area contributed by atoms with E-state index in [-0.39, 0.29) is 23.8 Å². The van der Waals surface area contributed by atoms with E-state index in [1.165, 1.54) is 35.6 Å². The lowest BCUT2D eigenvalue weighted by Crippen LogP contribution is -3.08. The summed E-state index contributed by atoms with van der Waals surface area (Å²) in [6.45, 7) is 0.539. The molecule has 0 saturated carbocycles. The van der Waals surface area contributed by atoms with Gasteiger partial charge < -0.3 is 19.6 Å². The lowest BCUT2D eigenvalue weighted by molar-refractivity contribution is -0.885. The van der Waals surface area contributed by atoms with Crippen LogP contribution in [0.1, 0.15) is 5.82 Å². The van der Waals surface area contributed by atoms with Crippen LogP contribution in [0.25, 0.3) is 21.5 Å². The van der Waals surface area contributed by atoms with Crippen LogP contribution in [0, 0.1) is 5.82 Å². The third-order valence-corrected chi connectivity index (χ3v) is 5.21. The topological polar surface area (TPSA) is 92.4 Å². The van der Waals surface area contributed by atoms with E-state index in [0.29, 0.717) is 34.0 Å². The van der Waals surface area contributed by atoms with Crippen molar-refractivity contribution in [3.05, 3.63) is 70.0 Å². The summed E-state index contributed by atoms with van der Waals surface area (Å²) in [4.78, 5) is 33.6. The maximum absolute atomic E-state index is 12.9. The van der Waals surface area contributed by atoms with Crippen molar-refractivity contribution in [2.24, 2.45) is 0 Å². The van der Waals surface area contributed by atoms with Crippen LogP contribution in [0.4, 0.5) is 10.1 Å². The molecule has 0 spiro atoms. The van der Waals surface area contributed by atoms with Gasteiger partial charge in [-0.2, -0.15) is 0 Å². The van der Waals surface area contributed by atoms with Gasteiger partial charge in [0.05, 0.1) is 18.7 Å². The standard InChI is InChI=1S/C20H17FN4O3S/c1-25(10-17(26)22-13-6-4-12(21)5-7-13)9-16-23-19(27)18-14(11-29-20(18)24-16)15-3-2-8-28-15/h2-8,11H,9-10H2,1H3,(H,22,26)(H,23,24,27)/p+1. The van der Waals surface area contributed by atoms with Gasteiger partial charge in [-0.05, 0) is 36.4 Å². The minimum absolute atomic E-state index is 0.168. The number of furan rings is 1. The number of quaternary nitrogens is 1. The van der Waals surface area contributed by atoms with Gasteiger partial charge in [0, 0.05) is 16.6 Å². The molecule has 0 fully saturated rings. The van der Waals surface area contributed by atoms with Crippen molar-refractivity contribution < 1.29 is 18.5 Å². The number of benzene rings is 1. The van der Waals surface area contributed by atoms with Crippen LogP contribution in [0.2, 0.25) is 0 Å². The molecule has 1 amide bonds. The molecule has 3 N–H and O–H groups in total. The first-order valence-electron chi connectivity index (χ1n) is 8.90. The minimum atomic E-state index is -0.361. The fourth-order valence-electron chi connectivity index (χ4n) is 3.05. The molecule has 1 unspecified atom stereocenters. The summed E-state index contributed by atoms with van der Waals surface area (Å²) in [7, 11) is 1.83. The average Bonchev–Trinajstić information content (AvgIpc) is 3.32. The molecule has 0 radical (unpaired) electrons. The maximum Gasteiger partial charge on any atom is 0.279 e. The molecule has 0 aliphatic heterocycles. The van der Waals surface area contributed by atoms with Crippen LogP contribution >= 0.6 is 11.3 Å². The van der Waals surface area contributed by atoms with Crippen molar-refractivity contribution in [2.45, 2.75) is 6.54 Å². The van der Waals surface area contributed by atoms with Gasteiger partial charge in [-0.25, -0.2) is 9.37 Å². The quantitative estimate of drug-likeness (QED) is 0.451. The SMILES string of the molecule is C[NH+](CC(=O)Nc1ccc(F)cc1)Cc1nc2scc(-c3ccco3)c2c(=O)[nH]1. The predicted octanol–water partition coefficient (Wildman–Crippen LogP) is 2.04. The number of fused-ring (bicyclic) bond motifs is 1. The minimum Gasteiger partial charge on any atom is -0.464 e. The third-order valence-electron chi connectivity index (χ3n) is 4.34. The number of rotatable bonds is 6. The summed E-state index contributed by atoms with van der Waals surface area (Å²) in [5.74, 6) is 0.549. The molecular weight excluding hydrogens is 395 g/mol. The summed E-state index contributed by atoms with van der Waals surface area (Å²) in [6.07, 6.45) is 1.56. The number of H-pyrrole nitrogens is 1. The largest absolute Gasteiger partial charge is 0.464 e. The number of likely N-dealkylation sites (N-methyl/N-ethyl adjacent to an activating group) is 1. The van der Waals surface area contributed by atoms with E-state index in [1.54, 1.807) is 18.4 Å².